The van der Waals surface area contributed by atoms with Gasteiger partial charge in [0.2, 0.25) is 5.91 Å². The maximum Gasteiger partial charge on any atom is 0.335 e. The fourth-order valence-corrected chi connectivity index (χ4v) is 2.43. The highest BCUT2D eigenvalue weighted by Gasteiger charge is 2.25. The van der Waals surface area contributed by atoms with Gasteiger partial charge in [0.1, 0.15) is 5.54 Å². The van der Waals surface area contributed by atoms with Crippen molar-refractivity contribution in [2.24, 2.45) is 0 Å². The predicted octanol–water partition coefficient (Wildman–Crippen LogP) is 2.18. The molecular formula is C15H18N2O3S. The number of carbonyl (C=O) groups is 2. The lowest BCUT2D eigenvalue weighted by molar-refractivity contribution is -0.119. The predicted molar refractivity (Wildman–Crippen MR) is 82.2 cm³/mol. The van der Waals surface area contributed by atoms with Crippen LogP contribution in [-0.4, -0.2) is 33.3 Å². The Bertz CT molecular complexity index is 562. The minimum absolute atomic E-state index is 0.138. The lowest BCUT2D eigenvalue weighted by Crippen LogP contribution is -2.47. The number of aromatic carboxylic acids is 1. The summed E-state index contributed by atoms with van der Waals surface area (Å²) in [5.74, 6) is 1.56. The molecule has 1 heterocycles. The highest BCUT2D eigenvalue weighted by Crippen LogP contribution is 2.18. The smallest absolute Gasteiger partial charge is 0.335 e. The monoisotopic (exact) mass is 306 g/mol. The van der Waals surface area contributed by atoms with Crippen molar-refractivity contribution in [1.82, 2.24) is 10.3 Å². The lowest BCUT2D eigenvalue weighted by atomic mass is 9.94. The SMILES string of the molecule is C#CC(CC)(CC)NC(=O)CSc1cc(C(=O)O)ccn1. The van der Waals surface area contributed by atoms with Gasteiger partial charge in [-0.15, -0.1) is 6.42 Å². The molecule has 2 N–H and O–H groups in total. The Morgan fingerprint density at radius 3 is 2.67 bits per heavy atom. The van der Waals surface area contributed by atoms with E-state index >= 15 is 0 Å². The molecule has 0 unspecified atom stereocenters. The third-order valence-electron chi connectivity index (χ3n) is 3.20. The second-order valence-electron chi connectivity index (χ2n) is 4.46. The van der Waals surface area contributed by atoms with Crippen LogP contribution in [0.3, 0.4) is 0 Å². The number of carboxylic acid groups (broad SMARTS) is 1. The van der Waals surface area contributed by atoms with Crippen LogP contribution in [0.1, 0.15) is 37.0 Å². The van der Waals surface area contributed by atoms with E-state index in [1.165, 1.54) is 30.1 Å². The lowest BCUT2D eigenvalue weighted by Gasteiger charge is -2.26. The minimum atomic E-state index is -1.02. The van der Waals surface area contributed by atoms with Crippen molar-refractivity contribution < 1.29 is 14.7 Å². The summed E-state index contributed by atoms with van der Waals surface area (Å²) >= 11 is 1.18. The van der Waals surface area contributed by atoms with Crippen LogP contribution in [0, 0.1) is 12.3 Å². The van der Waals surface area contributed by atoms with Crippen molar-refractivity contribution in [3.8, 4) is 12.3 Å². The van der Waals surface area contributed by atoms with E-state index in [-0.39, 0.29) is 17.2 Å². The molecule has 0 aliphatic carbocycles. The highest BCUT2D eigenvalue weighted by molar-refractivity contribution is 7.99. The topological polar surface area (TPSA) is 79.3 Å². The van der Waals surface area contributed by atoms with Gasteiger partial charge in [0.25, 0.3) is 0 Å². The normalized spacial score (nSPS) is 10.7. The second-order valence-corrected chi connectivity index (χ2v) is 5.45. The van der Waals surface area contributed by atoms with Crippen molar-refractivity contribution in [3.63, 3.8) is 0 Å². The van der Waals surface area contributed by atoms with E-state index in [2.05, 4.69) is 16.2 Å². The minimum Gasteiger partial charge on any atom is -0.478 e. The molecule has 21 heavy (non-hydrogen) atoms. The zero-order valence-corrected chi connectivity index (χ0v) is 12.9. The number of rotatable bonds is 7. The highest BCUT2D eigenvalue weighted by atomic mass is 32.2. The third-order valence-corrected chi connectivity index (χ3v) is 4.12. The average Bonchev–Trinajstić information content (AvgIpc) is 2.51. The van der Waals surface area contributed by atoms with E-state index in [4.69, 9.17) is 11.5 Å². The summed E-state index contributed by atoms with van der Waals surface area (Å²) in [6.07, 6.45) is 8.21. The van der Waals surface area contributed by atoms with Gasteiger partial charge in [-0.3, -0.25) is 4.79 Å². The Kier molecular flexibility index (Phi) is 6.25. The molecule has 1 aromatic rings. The van der Waals surface area contributed by atoms with Gasteiger partial charge in [-0.1, -0.05) is 31.5 Å². The number of thioether (sulfide) groups is 1. The van der Waals surface area contributed by atoms with E-state index in [0.29, 0.717) is 17.9 Å². The molecule has 0 saturated heterocycles. The van der Waals surface area contributed by atoms with Gasteiger partial charge in [0.05, 0.1) is 16.3 Å². The molecule has 0 bridgehead atoms. The molecule has 0 aliphatic rings. The van der Waals surface area contributed by atoms with E-state index in [0.717, 1.165) is 0 Å². The molecule has 112 valence electrons. The van der Waals surface area contributed by atoms with E-state index < -0.39 is 11.5 Å². The molecule has 6 heteroatoms. The molecule has 0 spiro atoms. The van der Waals surface area contributed by atoms with Crippen LogP contribution in [0.15, 0.2) is 23.4 Å². The molecule has 1 rings (SSSR count). The summed E-state index contributed by atoms with van der Waals surface area (Å²) in [4.78, 5) is 26.8. The van der Waals surface area contributed by atoms with Crippen LogP contribution in [0.2, 0.25) is 0 Å². The number of aromatic nitrogens is 1. The summed E-state index contributed by atoms with van der Waals surface area (Å²) in [6.45, 7) is 3.85. The summed E-state index contributed by atoms with van der Waals surface area (Å²) in [5.41, 5.74) is -0.471. The Hall–Kier alpha value is -2.00. The maximum atomic E-state index is 12.0. The standard InChI is InChI=1S/C15H18N2O3S/c1-4-15(5-2,6-3)17-12(18)10-21-13-9-11(14(19)20)7-8-16-13/h1,7-9H,5-6,10H2,2-3H3,(H,17,18)(H,19,20). The maximum absolute atomic E-state index is 12.0. The number of nitrogens with zero attached hydrogens (tertiary/aromatic N) is 1. The fraction of sp³-hybridized carbons (Fsp3) is 0.400. The molecule has 0 atom stereocenters. The molecule has 0 radical (unpaired) electrons. The zero-order chi connectivity index (χ0) is 15.9. The van der Waals surface area contributed by atoms with Crippen LogP contribution in [0.4, 0.5) is 0 Å². The van der Waals surface area contributed by atoms with Crippen molar-refractivity contribution in [2.45, 2.75) is 37.3 Å². The number of pyridine rings is 1. The zero-order valence-electron chi connectivity index (χ0n) is 12.0. The average molecular weight is 306 g/mol. The van der Waals surface area contributed by atoms with Gasteiger partial charge in [-0.05, 0) is 25.0 Å². The first-order valence-electron chi connectivity index (χ1n) is 6.57. The van der Waals surface area contributed by atoms with E-state index in [1.54, 1.807) is 0 Å². The number of nitrogens with one attached hydrogen (secondary N) is 1. The van der Waals surface area contributed by atoms with Gasteiger partial charge < -0.3 is 10.4 Å². The van der Waals surface area contributed by atoms with Crippen LogP contribution in [0.5, 0.6) is 0 Å². The molecule has 1 amide bonds. The molecule has 0 aromatic carbocycles. The summed E-state index contributed by atoms with van der Waals surface area (Å²) < 4.78 is 0. The first-order valence-corrected chi connectivity index (χ1v) is 7.55. The molecule has 1 aromatic heterocycles. The number of carboxylic acids is 1. The largest absolute Gasteiger partial charge is 0.478 e. The van der Waals surface area contributed by atoms with Crippen LogP contribution >= 0.6 is 11.8 Å². The quantitative estimate of drug-likeness (QED) is 0.596. The van der Waals surface area contributed by atoms with Crippen LogP contribution in [-0.2, 0) is 4.79 Å². The number of hydrogen-bond acceptors (Lipinski definition) is 4. The summed E-state index contributed by atoms with van der Waals surface area (Å²) in [7, 11) is 0. The van der Waals surface area contributed by atoms with Gasteiger partial charge in [0.15, 0.2) is 0 Å². The number of terminal acetylenes is 1. The van der Waals surface area contributed by atoms with E-state index in [1.807, 2.05) is 13.8 Å². The Morgan fingerprint density at radius 1 is 1.48 bits per heavy atom. The Morgan fingerprint density at radius 2 is 2.14 bits per heavy atom. The number of hydrogen-bond donors (Lipinski definition) is 2. The number of amides is 1. The Labute approximate surface area is 128 Å². The van der Waals surface area contributed by atoms with Crippen molar-refractivity contribution in [3.05, 3.63) is 23.9 Å². The second kappa shape index (κ2) is 7.70. The molecule has 0 aliphatic heterocycles. The summed E-state index contributed by atoms with van der Waals surface area (Å²) in [5, 5.41) is 12.2. The molecular weight excluding hydrogens is 288 g/mol. The van der Waals surface area contributed by atoms with E-state index in [9.17, 15) is 9.59 Å². The van der Waals surface area contributed by atoms with Crippen molar-refractivity contribution in [1.29, 1.82) is 0 Å². The van der Waals surface area contributed by atoms with Crippen LogP contribution < -0.4 is 5.32 Å². The van der Waals surface area contributed by atoms with Crippen molar-refractivity contribution in [2.75, 3.05) is 5.75 Å². The molecule has 0 saturated carbocycles. The molecule has 0 fully saturated rings. The first kappa shape index (κ1) is 17.1. The first-order chi connectivity index (χ1) is 9.96. The van der Waals surface area contributed by atoms with Gasteiger partial charge >= 0.3 is 5.97 Å². The Balaban J connectivity index is 2.63. The van der Waals surface area contributed by atoms with Crippen LogP contribution in [0.25, 0.3) is 0 Å². The van der Waals surface area contributed by atoms with Gasteiger partial charge in [-0.2, -0.15) is 0 Å². The summed E-state index contributed by atoms with van der Waals surface area (Å²) in [6, 6.07) is 2.85. The van der Waals surface area contributed by atoms with Crippen molar-refractivity contribution >= 4 is 23.6 Å². The van der Waals surface area contributed by atoms with Gasteiger partial charge in [0, 0.05) is 6.20 Å². The third kappa shape index (κ3) is 4.80. The van der Waals surface area contributed by atoms with Gasteiger partial charge in [-0.25, -0.2) is 9.78 Å². The number of carbonyl (C=O) groups excluding carboxylic acids is 1. The fourth-order valence-electron chi connectivity index (χ4n) is 1.73. The molecule has 5 nitrogen and oxygen atoms in total.